The first kappa shape index (κ1) is 15.4. The third-order valence-corrected chi connectivity index (χ3v) is 4.71. The van der Waals surface area contributed by atoms with Crippen LogP contribution in [0.15, 0.2) is 18.3 Å². The van der Waals surface area contributed by atoms with Crippen LogP contribution in [0.2, 0.25) is 0 Å². The second-order valence-corrected chi connectivity index (χ2v) is 6.24. The van der Waals surface area contributed by atoms with Crippen molar-refractivity contribution in [1.82, 2.24) is 14.4 Å². The Morgan fingerprint density at radius 3 is 2.59 bits per heavy atom. The summed E-state index contributed by atoms with van der Waals surface area (Å²) in [6.07, 6.45) is 0.754. The van der Waals surface area contributed by atoms with Crippen molar-refractivity contribution in [3.63, 3.8) is 0 Å². The number of amides is 1. The molecule has 2 aliphatic rings. The highest BCUT2D eigenvalue weighted by Crippen LogP contribution is 2.30. The Bertz CT molecular complexity index is 551. The Morgan fingerprint density at radius 1 is 1.32 bits per heavy atom. The van der Waals surface area contributed by atoms with Crippen molar-refractivity contribution in [2.75, 3.05) is 26.2 Å². The van der Waals surface area contributed by atoms with Crippen LogP contribution in [0.5, 0.6) is 0 Å². The summed E-state index contributed by atoms with van der Waals surface area (Å²) in [6.45, 7) is 1.17. The summed E-state index contributed by atoms with van der Waals surface area (Å²) in [5, 5.41) is 10.2. The van der Waals surface area contributed by atoms with E-state index in [0.29, 0.717) is 12.2 Å². The summed E-state index contributed by atoms with van der Waals surface area (Å²) in [5.41, 5.74) is 0.568. The first-order valence-electron chi connectivity index (χ1n) is 7.58. The van der Waals surface area contributed by atoms with Gasteiger partial charge in [-0.2, -0.15) is 0 Å². The molecule has 5 nitrogen and oxygen atoms in total. The van der Waals surface area contributed by atoms with E-state index in [1.807, 2.05) is 4.90 Å². The van der Waals surface area contributed by atoms with Crippen molar-refractivity contribution in [1.29, 1.82) is 0 Å². The molecule has 0 aromatic carbocycles. The second kappa shape index (κ2) is 5.62. The molecule has 7 heteroatoms. The van der Waals surface area contributed by atoms with Gasteiger partial charge in [-0.15, -0.1) is 0 Å². The molecule has 1 amide bonds. The monoisotopic (exact) mass is 313 g/mol. The van der Waals surface area contributed by atoms with Gasteiger partial charge in [0.1, 0.15) is 5.69 Å². The molecule has 22 heavy (non-hydrogen) atoms. The van der Waals surface area contributed by atoms with Crippen LogP contribution < -0.4 is 0 Å². The molecule has 122 valence electrons. The van der Waals surface area contributed by atoms with Crippen LogP contribution in [0, 0.1) is 0 Å². The maximum Gasteiger partial charge on any atom is 0.270 e. The average Bonchev–Trinajstić information content (AvgIpc) is 3.05. The van der Waals surface area contributed by atoms with E-state index in [1.165, 1.54) is 0 Å². The first-order chi connectivity index (χ1) is 10.4. The number of nitrogens with zero attached hydrogens (tertiary/aromatic N) is 3. The van der Waals surface area contributed by atoms with Gasteiger partial charge in [-0.25, -0.2) is 8.78 Å². The highest BCUT2D eigenvalue weighted by Gasteiger charge is 2.42. The minimum Gasteiger partial charge on any atom is -0.390 e. The number of alkyl halides is 2. The number of carbonyl (C=O) groups is 1. The van der Waals surface area contributed by atoms with Gasteiger partial charge < -0.3 is 14.6 Å². The van der Waals surface area contributed by atoms with Crippen molar-refractivity contribution < 1.29 is 18.7 Å². The van der Waals surface area contributed by atoms with Crippen molar-refractivity contribution in [2.45, 2.75) is 30.9 Å². The Hall–Kier alpha value is -1.47. The zero-order valence-corrected chi connectivity index (χ0v) is 12.6. The van der Waals surface area contributed by atoms with Gasteiger partial charge in [-0.3, -0.25) is 9.69 Å². The largest absolute Gasteiger partial charge is 0.390 e. The van der Waals surface area contributed by atoms with Gasteiger partial charge in [-0.1, -0.05) is 0 Å². The maximum absolute atomic E-state index is 13.2. The number of aliphatic hydroxyl groups excluding tert-OH is 1. The Balaban J connectivity index is 1.65. The number of aliphatic hydroxyl groups is 1. The zero-order valence-electron chi connectivity index (χ0n) is 12.6. The number of hydrogen-bond donors (Lipinski definition) is 1. The molecule has 1 aromatic heterocycles. The molecule has 0 spiro atoms. The highest BCUT2D eigenvalue weighted by molar-refractivity contribution is 5.93. The molecule has 2 saturated heterocycles. The van der Waals surface area contributed by atoms with Crippen molar-refractivity contribution >= 4 is 5.91 Å². The van der Waals surface area contributed by atoms with Gasteiger partial charge >= 0.3 is 0 Å². The molecule has 0 aliphatic carbocycles. The molecule has 3 heterocycles. The molecule has 0 saturated carbocycles. The van der Waals surface area contributed by atoms with Crippen LogP contribution in [-0.4, -0.2) is 69.6 Å². The van der Waals surface area contributed by atoms with Crippen molar-refractivity contribution in [3.8, 4) is 0 Å². The predicted octanol–water partition coefficient (Wildman–Crippen LogP) is 0.941. The molecule has 2 atom stereocenters. The number of likely N-dealkylation sites (tertiary alicyclic amines) is 2. The third-order valence-electron chi connectivity index (χ3n) is 4.71. The lowest BCUT2D eigenvalue weighted by atomic mass is 10.0. The molecule has 0 radical (unpaired) electrons. The lowest BCUT2D eigenvalue weighted by molar-refractivity contribution is -0.0697. The summed E-state index contributed by atoms with van der Waals surface area (Å²) in [5.74, 6) is -2.73. The SMILES string of the molecule is Cn1cccc1C(=O)N1C[C@@H](O)[C@H](N2CCC(F)(F)CC2)C1. The molecule has 2 aliphatic heterocycles. The Labute approximate surface area is 128 Å². The fraction of sp³-hybridized carbons (Fsp3) is 0.667. The minimum absolute atomic E-state index is 0.128. The zero-order chi connectivity index (χ0) is 15.9. The lowest BCUT2D eigenvalue weighted by Gasteiger charge is -2.36. The van der Waals surface area contributed by atoms with Crippen LogP contribution in [0.25, 0.3) is 0 Å². The van der Waals surface area contributed by atoms with Crippen LogP contribution in [0.4, 0.5) is 8.78 Å². The minimum atomic E-state index is -2.60. The second-order valence-electron chi connectivity index (χ2n) is 6.24. The first-order valence-corrected chi connectivity index (χ1v) is 7.58. The average molecular weight is 313 g/mol. The van der Waals surface area contributed by atoms with Crippen LogP contribution >= 0.6 is 0 Å². The molecule has 2 fully saturated rings. The number of aryl methyl sites for hydroxylation is 1. The van der Waals surface area contributed by atoms with Gasteiger partial charge in [0, 0.05) is 52.3 Å². The number of aromatic nitrogens is 1. The number of piperidine rings is 1. The summed E-state index contributed by atoms with van der Waals surface area (Å²) >= 11 is 0. The number of rotatable bonds is 2. The van der Waals surface area contributed by atoms with Crippen molar-refractivity contribution in [3.05, 3.63) is 24.0 Å². The van der Waals surface area contributed by atoms with E-state index in [4.69, 9.17) is 0 Å². The van der Waals surface area contributed by atoms with E-state index in [-0.39, 0.29) is 44.4 Å². The quantitative estimate of drug-likeness (QED) is 0.884. The van der Waals surface area contributed by atoms with E-state index in [2.05, 4.69) is 0 Å². The van der Waals surface area contributed by atoms with E-state index in [0.717, 1.165) is 0 Å². The molecule has 0 bridgehead atoms. The van der Waals surface area contributed by atoms with Gasteiger partial charge in [-0.05, 0) is 12.1 Å². The maximum atomic E-state index is 13.2. The highest BCUT2D eigenvalue weighted by atomic mass is 19.3. The Kier molecular flexibility index (Phi) is 3.94. The standard InChI is InChI=1S/C15H21F2N3O2/c1-18-6-2-3-11(18)14(22)20-9-12(13(21)10-20)19-7-4-15(16,17)5-8-19/h2-3,6,12-13,21H,4-5,7-10H2,1H3/t12-,13-/m1/s1. The summed E-state index contributed by atoms with van der Waals surface area (Å²) in [4.78, 5) is 16.0. The van der Waals surface area contributed by atoms with Crippen LogP contribution in [-0.2, 0) is 7.05 Å². The molecular weight excluding hydrogens is 292 g/mol. The fourth-order valence-corrected chi connectivity index (χ4v) is 3.32. The summed E-state index contributed by atoms with van der Waals surface area (Å²) < 4.78 is 28.2. The number of hydrogen-bond acceptors (Lipinski definition) is 3. The number of β-amino-alcohol motifs (C(OH)–C–C–N with tert-alkyl or cyclic N) is 1. The number of carbonyl (C=O) groups excluding carboxylic acids is 1. The van der Waals surface area contributed by atoms with E-state index in [9.17, 15) is 18.7 Å². The summed E-state index contributed by atoms with van der Waals surface area (Å²) in [7, 11) is 1.80. The van der Waals surface area contributed by atoms with Crippen molar-refractivity contribution in [2.24, 2.45) is 7.05 Å². The normalized spacial score (nSPS) is 29.0. The number of halogens is 2. The Morgan fingerprint density at radius 2 is 2.00 bits per heavy atom. The molecule has 3 rings (SSSR count). The van der Waals surface area contributed by atoms with E-state index >= 15 is 0 Å². The third kappa shape index (κ3) is 2.87. The molecular formula is C15H21F2N3O2. The van der Waals surface area contributed by atoms with E-state index in [1.54, 1.807) is 34.8 Å². The lowest BCUT2D eigenvalue weighted by Crippen LogP contribution is -2.49. The van der Waals surface area contributed by atoms with Gasteiger partial charge in [0.25, 0.3) is 11.8 Å². The smallest absolute Gasteiger partial charge is 0.270 e. The molecule has 1 aromatic rings. The van der Waals surface area contributed by atoms with Crippen LogP contribution in [0.1, 0.15) is 23.3 Å². The van der Waals surface area contributed by atoms with Gasteiger partial charge in [0.05, 0.1) is 12.1 Å². The summed E-state index contributed by atoms with van der Waals surface area (Å²) in [6, 6.07) is 3.29. The predicted molar refractivity (Wildman–Crippen MR) is 76.9 cm³/mol. The van der Waals surface area contributed by atoms with Gasteiger partial charge in [0.15, 0.2) is 0 Å². The molecule has 0 unspecified atom stereocenters. The van der Waals surface area contributed by atoms with Crippen LogP contribution in [0.3, 0.4) is 0 Å². The fourth-order valence-electron chi connectivity index (χ4n) is 3.32. The topological polar surface area (TPSA) is 48.7 Å². The molecule has 1 N–H and O–H groups in total. The van der Waals surface area contributed by atoms with E-state index < -0.39 is 12.0 Å². The van der Waals surface area contributed by atoms with Gasteiger partial charge in [0.2, 0.25) is 0 Å².